The van der Waals surface area contributed by atoms with Crippen LogP contribution in [0, 0.1) is 0 Å². The molecule has 1 heterocycles. The smallest absolute Gasteiger partial charge is 0.500 e. The number of fused-ring (bicyclic) bond motifs is 2. The number of rotatable bonds is 16. The van der Waals surface area contributed by atoms with E-state index in [1.54, 1.807) is 0 Å². The summed E-state index contributed by atoms with van der Waals surface area (Å²) < 4.78 is 91.3. The van der Waals surface area contributed by atoms with Crippen LogP contribution in [-0.4, -0.2) is 84.2 Å². The second kappa shape index (κ2) is 15.6. The summed E-state index contributed by atoms with van der Waals surface area (Å²) in [7, 11) is -7.66. The standard InChI is InChI=1S/C33H45N3O9S2Si/c1-8-35(9-2)24-13-16-27-30(21-24)45-31-22-25(36(10-3)11-4)14-17-28(31)33(27)29-18-15-26(23-32(29)47(39,40)41)46(37,38)34-19-12-20-48(42-5,43-6)44-7/h13-18,21-23,34H,8-12,19-20H2,1-7H3/p+1. The number of hydrogen-bond donors (Lipinski definition) is 1. The van der Waals surface area contributed by atoms with Crippen molar-refractivity contribution in [2.45, 2.75) is 50.0 Å². The van der Waals surface area contributed by atoms with E-state index >= 15 is 0 Å². The molecule has 0 spiro atoms. The third-order valence-corrected chi connectivity index (χ3v) is 14.0. The number of anilines is 1. The molecule has 0 radical (unpaired) electrons. The van der Waals surface area contributed by atoms with Crippen molar-refractivity contribution in [1.82, 2.24) is 4.58 Å². The molecule has 0 bridgehead atoms. The van der Waals surface area contributed by atoms with Crippen LogP contribution >= 0.6 is 0 Å². The highest BCUT2D eigenvalue weighted by molar-refractivity contribution is 7.86. The predicted octanol–water partition coefficient (Wildman–Crippen LogP) is 3.29. The number of hydrogen-bond acceptors (Lipinski definition) is 10. The molecule has 0 saturated carbocycles. The minimum Gasteiger partial charge on any atom is -0.744 e. The lowest BCUT2D eigenvalue weighted by atomic mass is 9.93. The van der Waals surface area contributed by atoms with Crippen LogP contribution in [0.15, 0.2) is 68.8 Å². The van der Waals surface area contributed by atoms with E-state index < -0.39 is 33.8 Å². The average molecular weight is 721 g/mol. The summed E-state index contributed by atoms with van der Waals surface area (Å²) in [5.41, 5.74) is 2.57. The topological polar surface area (TPSA) is 155 Å². The van der Waals surface area contributed by atoms with Crippen LogP contribution < -0.4 is 19.6 Å². The minimum absolute atomic E-state index is 0.0944. The third-order valence-electron chi connectivity index (χ3n) is 8.72. The maximum absolute atomic E-state index is 13.4. The molecular weight excluding hydrogens is 675 g/mol. The highest BCUT2D eigenvalue weighted by Crippen LogP contribution is 2.43. The Morgan fingerprint density at radius 3 is 2.08 bits per heavy atom. The van der Waals surface area contributed by atoms with Crippen molar-refractivity contribution in [3.05, 3.63) is 60.0 Å². The van der Waals surface area contributed by atoms with Gasteiger partial charge >= 0.3 is 18.8 Å². The van der Waals surface area contributed by atoms with Crippen molar-refractivity contribution in [1.29, 1.82) is 0 Å². The molecule has 2 N–H and O–H groups in total. The molecule has 0 unspecified atom stereocenters. The summed E-state index contributed by atoms with van der Waals surface area (Å²) in [6, 6.07) is 15.4. The molecule has 1 aliphatic heterocycles. The fourth-order valence-corrected chi connectivity index (χ4v) is 9.78. The van der Waals surface area contributed by atoms with Crippen LogP contribution in [0.1, 0.15) is 34.1 Å². The zero-order chi connectivity index (χ0) is 35.3. The van der Waals surface area contributed by atoms with E-state index in [4.69, 9.17) is 17.7 Å². The fraction of sp³-hybridized carbons (Fsp3) is 0.424. The van der Waals surface area contributed by atoms with Gasteiger partial charge in [0.1, 0.15) is 39.4 Å². The molecule has 48 heavy (non-hydrogen) atoms. The first kappa shape index (κ1) is 37.7. The molecule has 4 rings (SSSR count). The SMILES string of the molecule is CCN(CC)c1ccc2c(-c3ccc(S(=O)(=O)[NH2+]CCC[Si](OC)(OC)OC)cc3S(=O)(=O)[O-])c3ccc(=[N+](CC)CC)cc-3oc2c1. The lowest BCUT2D eigenvalue weighted by Gasteiger charge is -2.23. The Kier molecular flexibility index (Phi) is 12.2. The van der Waals surface area contributed by atoms with Crippen molar-refractivity contribution >= 4 is 45.6 Å². The van der Waals surface area contributed by atoms with E-state index in [-0.39, 0.29) is 17.0 Å². The van der Waals surface area contributed by atoms with Crippen molar-refractivity contribution in [2.24, 2.45) is 0 Å². The monoisotopic (exact) mass is 720 g/mol. The molecule has 0 atom stereocenters. The van der Waals surface area contributed by atoms with Crippen molar-refractivity contribution in [3.8, 4) is 22.5 Å². The number of benzene rings is 3. The van der Waals surface area contributed by atoms with E-state index in [1.165, 1.54) is 33.5 Å². The van der Waals surface area contributed by atoms with Crippen LogP contribution in [0.2, 0.25) is 6.04 Å². The van der Waals surface area contributed by atoms with Gasteiger partial charge in [-0.05, 0) is 58.0 Å². The number of nitrogens with two attached hydrogens (primary N) is 1. The number of sulfonamides is 1. The van der Waals surface area contributed by atoms with E-state index in [1.807, 2.05) is 36.4 Å². The largest absolute Gasteiger partial charge is 0.744 e. The lowest BCUT2D eigenvalue weighted by molar-refractivity contribution is -0.496. The number of primary sulfonamides is 1. The molecule has 15 heteroatoms. The molecule has 0 fully saturated rings. The molecule has 0 saturated heterocycles. The highest BCUT2D eigenvalue weighted by atomic mass is 32.2. The fourth-order valence-electron chi connectivity index (χ4n) is 6.03. The van der Waals surface area contributed by atoms with E-state index in [0.29, 0.717) is 40.3 Å². The second-order valence-electron chi connectivity index (χ2n) is 11.2. The Hall–Kier alpha value is -3.15. The first-order chi connectivity index (χ1) is 22.8. The molecule has 0 amide bonds. The van der Waals surface area contributed by atoms with Crippen LogP contribution in [0.5, 0.6) is 0 Å². The van der Waals surface area contributed by atoms with E-state index in [2.05, 4.69) is 37.2 Å². The summed E-state index contributed by atoms with van der Waals surface area (Å²) in [5.74, 6) is 0.501. The van der Waals surface area contributed by atoms with Gasteiger partial charge < -0.3 is 27.1 Å². The minimum atomic E-state index is -5.13. The molecule has 2 aliphatic rings. The maximum Gasteiger partial charge on any atom is 0.500 e. The Morgan fingerprint density at radius 2 is 1.50 bits per heavy atom. The molecule has 0 aromatic heterocycles. The van der Waals surface area contributed by atoms with Crippen molar-refractivity contribution in [2.75, 3.05) is 59.0 Å². The molecule has 2 aromatic carbocycles. The summed E-state index contributed by atoms with van der Waals surface area (Å²) >= 11 is 0. The van der Waals surface area contributed by atoms with Crippen LogP contribution in [-0.2, 0) is 33.4 Å². The summed E-state index contributed by atoms with van der Waals surface area (Å²) in [5, 5.41) is 1.51. The van der Waals surface area contributed by atoms with Gasteiger partial charge in [0.25, 0.3) is 0 Å². The second-order valence-corrected chi connectivity index (χ2v) is 17.5. The highest BCUT2D eigenvalue weighted by Gasteiger charge is 2.37. The quantitative estimate of drug-likeness (QED) is 0.0600. The van der Waals surface area contributed by atoms with Crippen molar-refractivity contribution in [3.63, 3.8) is 0 Å². The zero-order valence-electron chi connectivity index (χ0n) is 28.6. The number of nitrogens with zero attached hydrogens (tertiary/aromatic N) is 2. The summed E-state index contributed by atoms with van der Waals surface area (Å²) in [6.07, 6.45) is 0.391. The van der Waals surface area contributed by atoms with Crippen LogP contribution in [0.4, 0.5) is 5.69 Å². The van der Waals surface area contributed by atoms with E-state index in [0.717, 1.165) is 48.0 Å². The molecule has 2 aromatic rings. The van der Waals surface area contributed by atoms with E-state index in [9.17, 15) is 21.4 Å². The number of quaternary nitrogens is 1. The zero-order valence-corrected chi connectivity index (χ0v) is 31.2. The lowest BCUT2D eigenvalue weighted by Crippen LogP contribution is -2.87. The maximum atomic E-state index is 13.4. The van der Waals surface area contributed by atoms with Gasteiger partial charge in [0, 0.05) is 86.8 Å². The van der Waals surface area contributed by atoms with Crippen molar-refractivity contribution < 1.29 is 43.8 Å². The van der Waals surface area contributed by atoms with Crippen LogP contribution in [0.25, 0.3) is 33.4 Å². The van der Waals surface area contributed by atoms with Gasteiger partial charge in [-0.25, -0.2) is 17.7 Å². The molecular formula is C33H46N3O9S2Si+. The van der Waals surface area contributed by atoms with Gasteiger partial charge in [0.2, 0.25) is 5.36 Å². The molecule has 1 aliphatic carbocycles. The molecule has 12 nitrogen and oxygen atoms in total. The third kappa shape index (κ3) is 7.84. The van der Waals surface area contributed by atoms with Crippen LogP contribution in [0.3, 0.4) is 0 Å². The summed E-state index contributed by atoms with van der Waals surface area (Å²) in [6.45, 7) is 11.4. The first-order valence-corrected chi connectivity index (χ1v) is 20.9. The van der Waals surface area contributed by atoms with Gasteiger partial charge in [-0.15, -0.1) is 0 Å². The Labute approximate surface area is 284 Å². The Bertz CT molecular complexity index is 1990. The molecule has 262 valence electrons. The normalized spacial score (nSPS) is 12.6. The Morgan fingerprint density at radius 1 is 0.854 bits per heavy atom. The average Bonchev–Trinajstić information content (AvgIpc) is 3.08. The van der Waals surface area contributed by atoms with Gasteiger partial charge in [-0.2, -0.15) is 8.42 Å². The van der Waals surface area contributed by atoms with Gasteiger partial charge in [-0.1, -0.05) is 6.07 Å². The van der Waals surface area contributed by atoms with Gasteiger partial charge in [-0.3, -0.25) is 0 Å². The Balaban J connectivity index is 1.91. The first-order valence-electron chi connectivity index (χ1n) is 16.0. The van der Waals surface area contributed by atoms with Gasteiger partial charge in [0.05, 0.1) is 17.5 Å². The van der Waals surface area contributed by atoms with Gasteiger partial charge in [0.15, 0.2) is 0 Å². The summed E-state index contributed by atoms with van der Waals surface area (Å²) in [4.78, 5) is 1.24. The predicted molar refractivity (Wildman–Crippen MR) is 186 cm³/mol.